The summed E-state index contributed by atoms with van der Waals surface area (Å²) in [5.41, 5.74) is 5.15. The van der Waals surface area contributed by atoms with Crippen LogP contribution in [0.25, 0.3) is 21.9 Å². The van der Waals surface area contributed by atoms with Crippen molar-refractivity contribution in [3.8, 4) is 16.9 Å². The predicted molar refractivity (Wildman–Crippen MR) is 109 cm³/mol. The van der Waals surface area contributed by atoms with Gasteiger partial charge < -0.3 is 29.6 Å². The molecule has 149 valence electrons. The standard InChI is InChI=1S/C24H29O.2ClH.Zr/c1-16(2)12-17-13-19-15-21(24(3,4)5)23(25-6)22(20(19)14-17)18-10-8-7-9-11-18;;;/h7-11,13-16H,12H2,1-6H3;2*1H;/q-1;;;+3/p-2. The van der Waals surface area contributed by atoms with Gasteiger partial charge in [0.25, 0.3) is 0 Å². The maximum absolute atomic E-state index is 5.96. The fourth-order valence-corrected chi connectivity index (χ4v) is 3.65. The smallest absolute Gasteiger partial charge is 1.00 e. The maximum Gasteiger partial charge on any atom is 3.00 e. The van der Waals surface area contributed by atoms with Crippen LogP contribution >= 0.6 is 0 Å². The van der Waals surface area contributed by atoms with Crippen molar-refractivity contribution in [3.05, 3.63) is 59.7 Å². The summed E-state index contributed by atoms with van der Waals surface area (Å²) in [7, 11) is 1.79. The van der Waals surface area contributed by atoms with Gasteiger partial charge in [0.2, 0.25) is 0 Å². The molecular formula is C24H29Cl2OZr. The minimum Gasteiger partial charge on any atom is -1.00 e. The third-order valence-corrected chi connectivity index (χ3v) is 4.74. The van der Waals surface area contributed by atoms with Crippen molar-refractivity contribution in [2.45, 2.75) is 46.5 Å². The summed E-state index contributed by atoms with van der Waals surface area (Å²) in [5.74, 6) is 1.66. The van der Waals surface area contributed by atoms with Crippen molar-refractivity contribution < 1.29 is 55.8 Å². The molecule has 0 spiro atoms. The van der Waals surface area contributed by atoms with E-state index in [4.69, 9.17) is 4.74 Å². The first-order valence-corrected chi connectivity index (χ1v) is 9.17. The van der Waals surface area contributed by atoms with Gasteiger partial charge in [-0.3, -0.25) is 0 Å². The van der Waals surface area contributed by atoms with Crippen molar-refractivity contribution in [2.75, 3.05) is 7.11 Å². The fraction of sp³-hybridized carbons (Fsp3) is 0.375. The van der Waals surface area contributed by atoms with Crippen LogP contribution in [0.5, 0.6) is 5.75 Å². The van der Waals surface area contributed by atoms with Gasteiger partial charge in [-0.2, -0.15) is 6.07 Å². The van der Waals surface area contributed by atoms with Crippen molar-refractivity contribution >= 4 is 10.8 Å². The summed E-state index contributed by atoms with van der Waals surface area (Å²) in [5, 5.41) is 2.62. The van der Waals surface area contributed by atoms with Gasteiger partial charge in [-0.1, -0.05) is 65.0 Å². The minimum absolute atomic E-state index is 0. The Hall–Kier alpha value is -0.687. The molecule has 0 heterocycles. The molecule has 0 N–H and O–H groups in total. The third kappa shape index (κ3) is 5.68. The van der Waals surface area contributed by atoms with E-state index in [1.54, 1.807) is 7.11 Å². The molecule has 0 aliphatic heterocycles. The molecular weight excluding hydrogens is 466 g/mol. The van der Waals surface area contributed by atoms with Crippen molar-refractivity contribution in [3.63, 3.8) is 0 Å². The van der Waals surface area contributed by atoms with Crippen LogP contribution in [0.2, 0.25) is 0 Å². The summed E-state index contributed by atoms with van der Waals surface area (Å²) in [6.07, 6.45) is 1.11. The molecule has 0 saturated heterocycles. The van der Waals surface area contributed by atoms with Crippen LogP contribution in [0.3, 0.4) is 0 Å². The van der Waals surface area contributed by atoms with Crippen LogP contribution in [-0.2, 0) is 38.0 Å². The molecule has 0 atom stereocenters. The second-order valence-corrected chi connectivity index (χ2v) is 8.41. The Labute approximate surface area is 201 Å². The van der Waals surface area contributed by atoms with Gasteiger partial charge in [-0.05, 0) is 34.4 Å². The van der Waals surface area contributed by atoms with Crippen molar-refractivity contribution in [1.82, 2.24) is 0 Å². The van der Waals surface area contributed by atoms with E-state index in [0.29, 0.717) is 5.92 Å². The molecule has 3 aromatic rings. The molecule has 0 aliphatic carbocycles. The van der Waals surface area contributed by atoms with Crippen LogP contribution < -0.4 is 29.6 Å². The number of methoxy groups -OCH3 is 1. The van der Waals surface area contributed by atoms with Crippen LogP contribution in [0.4, 0.5) is 0 Å². The number of hydrogen-bond donors (Lipinski definition) is 0. The van der Waals surface area contributed by atoms with E-state index in [1.165, 1.54) is 33.0 Å². The van der Waals surface area contributed by atoms with Gasteiger partial charge in [0.15, 0.2) is 0 Å². The Morgan fingerprint density at radius 1 is 1.00 bits per heavy atom. The van der Waals surface area contributed by atoms with E-state index in [1.807, 2.05) is 0 Å². The average molecular weight is 496 g/mol. The second kappa shape index (κ2) is 10.9. The van der Waals surface area contributed by atoms with E-state index in [0.717, 1.165) is 12.2 Å². The Morgan fingerprint density at radius 3 is 2.11 bits per heavy atom. The van der Waals surface area contributed by atoms with Crippen LogP contribution in [0, 0.1) is 5.92 Å². The molecule has 1 radical (unpaired) electrons. The van der Waals surface area contributed by atoms with Gasteiger partial charge in [0.1, 0.15) is 5.75 Å². The molecule has 0 fully saturated rings. The van der Waals surface area contributed by atoms with E-state index in [9.17, 15) is 0 Å². The largest absolute Gasteiger partial charge is 3.00 e. The number of halogens is 2. The van der Waals surface area contributed by atoms with Crippen LogP contribution in [-0.4, -0.2) is 7.11 Å². The number of ether oxygens (including phenoxy) is 1. The van der Waals surface area contributed by atoms with E-state index >= 15 is 0 Å². The fourth-order valence-electron chi connectivity index (χ4n) is 3.65. The van der Waals surface area contributed by atoms with Gasteiger partial charge in [-0.15, -0.1) is 28.5 Å². The number of hydrogen-bond acceptors (Lipinski definition) is 1. The first-order valence-electron chi connectivity index (χ1n) is 9.17. The van der Waals surface area contributed by atoms with E-state index < -0.39 is 0 Å². The number of rotatable bonds is 4. The van der Waals surface area contributed by atoms with Crippen LogP contribution in [0.1, 0.15) is 45.7 Å². The topological polar surface area (TPSA) is 9.23 Å². The summed E-state index contributed by atoms with van der Waals surface area (Å²) in [6.45, 7) is 11.3. The first-order chi connectivity index (χ1) is 11.8. The average Bonchev–Trinajstić information content (AvgIpc) is 2.94. The zero-order valence-corrected chi connectivity index (χ0v) is 21.5. The minimum atomic E-state index is 0. The first kappa shape index (κ1) is 27.3. The van der Waals surface area contributed by atoms with Gasteiger partial charge >= 0.3 is 26.2 Å². The second-order valence-electron chi connectivity index (χ2n) is 8.41. The Kier molecular flexibility index (Phi) is 10.6. The molecule has 3 aromatic carbocycles. The summed E-state index contributed by atoms with van der Waals surface area (Å²) in [6, 6.07) is 17.7. The molecule has 0 saturated carbocycles. The summed E-state index contributed by atoms with van der Waals surface area (Å²) < 4.78 is 5.96. The molecule has 1 nitrogen and oxygen atoms in total. The SMILES string of the molecule is COc1c(C(C)(C)C)cc2[cH-]c(CC(C)C)cc2c1-c1ccccc1.[Cl-].[Cl-].[Zr+3]. The predicted octanol–water partition coefficient (Wildman–Crippen LogP) is 0.736. The zero-order chi connectivity index (χ0) is 18.2. The summed E-state index contributed by atoms with van der Waals surface area (Å²) in [4.78, 5) is 0. The van der Waals surface area contributed by atoms with Crippen LogP contribution in [0.15, 0.2) is 48.5 Å². The molecule has 3 rings (SSSR count). The molecule has 0 unspecified atom stereocenters. The Bertz CT molecular complexity index is 877. The van der Waals surface area contributed by atoms with Gasteiger partial charge in [0.05, 0.1) is 7.11 Å². The zero-order valence-electron chi connectivity index (χ0n) is 17.6. The Balaban J connectivity index is 0.00000243. The number of fused-ring (bicyclic) bond motifs is 1. The normalized spacial score (nSPS) is 10.8. The van der Waals surface area contributed by atoms with Crippen molar-refractivity contribution in [2.24, 2.45) is 5.92 Å². The van der Waals surface area contributed by atoms with Gasteiger partial charge in [0, 0.05) is 0 Å². The third-order valence-electron chi connectivity index (χ3n) is 4.74. The van der Waals surface area contributed by atoms with Crippen molar-refractivity contribution in [1.29, 1.82) is 0 Å². The number of benzene rings is 2. The van der Waals surface area contributed by atoms with E-state index in [-0.39, 0.29) is 56.4 Å². The molecule has 0 aromatic heterocycles. The monoisotopic (exact) mass is 493 g/mol. The quantitative estimate of drug-likeness (QED) is 0.486. The Morgan fingerprint density at radius 2 is 1.61 bits per heavy atom. The maximum atomic E-state index is 5.96. The summed E-state index contributed by atoms with van der Waals surface area (Å²) >= 11 is 0. The molecule has 0 bridgehead atoms. The molecule has 4 heteroatoms. The van der Waals surface area contributed by atoms with E-state index in [2.05, 4.69) is 83.1 Å². The van der Waals surface area contributed by atoms with Gasteiger partial charge in [-0.25, -0.2) is 0 Å². The molecule has 28 heavy (non-hydrogen) atoms. The molecule has 0 aliphatic rings. The molecule has 0 amide bonds.